The predicted octanol–water partition coefficient (Wildman–Crippen LogP) is 4.61. The zero-order chi connectivity index (χ0) is 16.4. The largest absolute Gasteiger partial charge is 0.389 e. The summed E-state index contributed by atoms with van der Waals surface area (Å²) >= 11 is 0. The van der Waals surface area contributed by atoms with E-state index in [2.05, 4.69) is 15.2 Å². The summed E-state index contributed by atoms with van der Waals surface area (Å²) in [5, 5.41) is 4.30. The molecule has 1 saturated heterocycles. The molecule has 0 spiro atoms. The minimum Gasteiger partial charge on any atom is -0.358 e. The standard InChI is InChI=1S/C17H22F3N3.2ClH/c1-12-16(13-4-2-3-5-14(13)22-12)15(6-7-17(18,19)20)23-10-8-21-9-11-23;;/h2-5,15,21-22H,6-11H2,1H3;2*1H/t15-;;/m1../s1. The van der Waals surface area contributed by atoms with Crippen LogP contribution in [0.4, 0.5) is 13.2 Å². The molecule has 2 N–H and O–H groups in total. The van der Waals surface area contributed by atoms with E-state index < -0.39 is 12.6 Å². The summed E-state index contributed by atoms with van der Waals surface area (Å²) in [4.78, 5) is 5.51. The van der Waals surface area contributed by atoms with Crippen LogP contribution in [0.25, 0.3) is 10.9 Å². The highest BCUT2D eigenvalue weighted by Gasteiger charge is 2.32. The second kappa shape index (κ2) is 9.12. The van der Waals surface area contributed by atoms with Crippen molar-refractivity contribution in [3.63, 3.8) is 0 Å². The zero-order valence-corrected chi connectivity index (χ0v) is 15.7. The number of hydrogen-bond acceptors (Lipinski definition) is 2. The van der Waals surface area contributed by atoms with Gasteiger partial charge in [-0.1, -0.05) is 18.2 Å². The molecular formula is C17H24Cl2F3N3. The predicted molar refractivity (Wildman–Crippen MR) is 100 cm³/mol. The van der Waals surface area contributed by atoms with Crippen LogP contribution in [0.5, 0.6) is 0 Å². The number of alkyl halides is 3. The van der Waals surface area contributed by atoms with Crippen molar-refractivity contribution in [2.75, 3.05) is 26.2 Å². The number of aryl methyl sites for hydroxylation is 1. The molecule has 1 aliphatic heterocycles. The van der Waals surface area contributed by atoms with E-state index in [4.69, 9.17) is 0 Å². The lowest BCUT2D eigenvalue weighted by molar-refractivity contribution is -0.138. The molecule has 142 valence electrons. The third-order valence-corrected chi connectivity index (χ3v) is 4.57. The Balaban J connectivity index is 0.00000156. The maximum Gasteiger partial charge on any atom is 0.389 e. The number of para-hydroxylation sites is 1. The van der Waals surface area contributed by atoms with Crippen LogP contribution in [0, 0.1) is 6.92 Å². The van der Waals surface area contributed by atoms with Crippen LogP contribution in [0.3, 0.4) is 0 Å². The molecule has 1 aromatic heterocycles. The molecule has 0 radical (unpaired) electrons. The van der Waals surface area contributed by atoms with Crippen molar-refractivity contribution in [2.24, 2.45) is 0 Å². The van der Waals surface area contributed by atoms with Crippen LogP contribution in [-0.4, -0.2) is 42.2 Å². The molecule has 0 saturated carbocycles. The Morgan fingerprint density at radius 3 is 2.40 bits per heavy atom. The molecule has 3 rings (SSSR count). The second-order valence-corrected chi connectivity index (χ2v) is 6.16. The number of benzene rings is 1. The van der Waals surface area contributed by atoms with Crippen molar-refractivity contribution in [1.82, 2.24) is 15.2 Å². The third kappa shape index (κ3) is 5.26. The number of H-pyrrole nitrogens is 1. The zero-order valence-electron chi connectivity index (χ0n) is 14.0. The quantitative estimate of drug-likeness (QED) is 0.788. The fourth-order valence-corrected chi connectivity index (χ4v) is 3.53. The van der Waals surface area contributed by atoms with Gasteiger partial charge in [-0.25, -0.2) is 0 Å². The van der Waals surface area contributed by atoms with Crippen LogP contribution in [0.1, 0.15) is 30.1 Å². The van der Waals surface area contributed by atoms with Crippen LogP contribution in [0.15, 0.2) is 24.3 Å². The van der Waals surface area contributed by atoms with Crippen LogP contribution in [0.2, 0.25) is 0 Å². The van der Waals surface area contributed by atoms with Crippen LogP contribution < -0.4 is 5.32 Å². The van der Waals surface area contributed by atoms with Gasteiger partial charge >= 0.3 is 6.18 Å². The van der Waals surface area contributed by atoms with Crippen LogP contribution in [-0.2, 0) is 0 Å². The molecule has 2 aromatic rings. The molecule has 1 fully saturated rings. The number of aromatic amines is 1. The fraction of sp³-hybridized carbons (Fsp3) is 0.529. The van der Waals surface area contributed by atoms with E-state index in [1.54, 1.807) is 0 Å². The second-order valence-electron chi connectivity index (χ2n) is 6.16. The molecule has 0 bridgehead atoms. The lowest BCUT2D eigenvalue weighted by Gasteiger charge is -2.35. The Hall–Kier alpha value is -0.950. The first kappa shape index (κ1) is 22.1. The smallest absolute Gasteiger partial charge is 0.358 e. The summed E-state index contributed by atoms with van der Waals surface area (Å²) in [6.07, 6.45) is -4.76. The van der Waals surface area contributed by atoms with Gasteiger partial charge in [-0.2, -0.15) is 13.2 Å². The van der Waals surface area contributed by atoms with Crippen molar-refractivity contribution in [2.45, 2.75) is 32.0 Å². The molecule has 0 aliphatic carbocycles. The SMILES string of the molecule is Cc1[nH]c2ccccc2c1[C@@H](CCC(F)(F)F)N1CCNCC1.Cl.Cl. The molecule has 1 aliphatic rings. The minimum absolute atomic E-state index is 0. The molecule has 8 heteroatoms. The first-order chi connectivity index (χ1) is 11.0. The van der Waals surface area contributed by atoms with Gasteiger partial charge in [0.05, 0.1) is 0 Å². The molecule has 1 aromatic carbocycles. The number of fused-ring (bicyclic) bond motifs is 1. The van der Waals surface area contributed by atoms with E-state index in [9.17, 15) is 13.2 Å². The number of aromatic nitrogens is 1. The molecule has 2 heterocycles. The first-order valence-corrected chi connectivity index (χ1v) is 8.04. The van der Waals surface area contributed by atoms with Gasteiger partial charge in [-0.15, -0.1) is 24.8 Å². The summed E-state index contributed by atoms with van der Waals surface area (Å²) in [7, 11) is 0. The number of nitrogens with zero attached hydrogens (tertiary/aromatic N) is 1. The van der Waals surface area contributed by atoms with Crippen molar-refractivity contribution in [3.8, 4) is 0 Å². The normalized spacial score (nSPS) is 17.0. The number of rotatable bonds is 4. The van der Waals surface area contributed by atoms with Gasteiger partial charge in [0.25, 0.3) is 0 Å². The van der Waals surface area contributed by atoms with Gasteiger partial charge in [0.15, 0.2) is 0 Å². The van der Waals surface area contributed by atoms with E-state index in [0.29, 0.717) is 0 Å². The summed E-state index contributed by atoms with van der Waals surface area (Å²) < 4.78 is 38.4. The monoisotopic (exact) mass is 397 g/mol. The third-order valence-electron chi connectivity index (χ3n) is 4.57. The fourth-order valence-electron chi connectivity index (χ4n) is 3.53. The lowest BCUT2D eigenvalue weighted by Crippen LogP contribution is -2.45. The van der Waals surface area contributed by atoms with Gasteiger partial charge in [-0.05, 0) is 25.0 Å². The number of nitrogens with one attached hydrogen (secondary N) is 2. The molecule has 3 nitrogen and oxygen atoms in total. The Kier molecular flexibility index (Phi) is 8.06. The minimum atomic E-state index is -4.12. The summed E-state index contributed by atoms with van der Waals surface area (Å²) in [5.41, 5.74) is 2.98. The topological polar surface area (TPSA) is 31.1 Å². The van der Waals surface area contributed by atoms with E-state index in [1.807, 2.05) is 31.2 Å². The van der Waals surface area contributed by atoms with Gasteiger partial charge in [-0.3, -0.25) is 4.90 Å². The van der Waals surface area contributed by atoms with Crippen molar-refractivity contribution < 1.29 is 13.2 Å². The molecule has 0 unspecified atom stereocenters. The Bertz CT molecular complexity index is 667. The van der Waals surface area contributed by atoms with Gasteiger partial charge in [0.2, 0.25) is 0 Å². The molecular weight excluding hydrogens is 374 g/mol. The number of halogens is 5. The van der Waals surface area contributed by atoms with E-state index in [-0.39, 0.29) is 37.3 Å². The summed E-state index contributed by atoms with van der Waals surface area (Å²) in [6, 6.07) is 7.66. The number of hydrogen-bond donors (Lipinski definition) is 2. The molecule has 25 heavy (non-hydrogen) atoms. The average molecular weight is 398 g/mol. The summed E-state index contributed by atoms with van der Waals surface area (Å²) in [6.45, 7) is 5.16. The van der Waals surface area contributed by atoms with Crippen molar-refractivity contribution in [3.05, 3.63) is 35.5 Å². The Labute approximate surface area is 158 Å². The van der Waals surface area contributed by atoms with E-state index in [1.165, 1.54) is 0 Å². The Morgan fingerprint density at radius 1 is 1.12 bits per heavy atom. The van der Waals surface area contributed by atoms with Crippen molar-refractivity contribution in [1.29, 1.82) is 0 Å². The summed E-state index contributed by atoms with van der Waals surface area (Å²) in [5.74, 6) is 0. The van der Waals surface area contributed by atoms with Gasteiger partial charge in [0, 0.05) is 55.2 Å². The molecule has 1 atom stereocenters. The highest BCUT2D eigenvalue weighted by Crippen LogP contribution is 2.37. The van der Waals surface area contributed by atoms with E-state index >= 15 is 0 Å². The van der Waals surface area contributed by atoms with Gasteiger partial charge < -0.3 is 10.3 Å². The van der Waals surface area contributed by atoms with E-state index in [0.717, 1.165) is 48.3 Å². The van der Waals surface area contributed by atoms with Gasteiger partial charge in [0.1, 0.15) is 0 Å². The Morgan fingerprint density at radius 2 is 1.76 bits per heavy atom. The van der Waals surface area contributed by atoms with Crippen molar-refractivity contribution >= 4 is 35.7 Å². The lowest BCUT2D eigenvalue weighted by atomic mass is 9.96. The average Bonchev–Trinajstić information content (AvgIpc) is 2.84. The highest BCUT2D eigenvalue weighted by molar-refractivity contribution is 5.86. The maximum atomic E-state index is 12.8. The van der Waals surface area contributed by atoms with Crippen LogP contribution >= 0.6 is 24.8 Å². The number of piperazine rings is 1. The first-order valence-electron chi connectivity index (χ1n) is 8.04. The highest BCUT2D eigenvalue weighted by atomic mass is 35.5. The molecule has 0 amide bonds. The maximum absolute atomic E-state index is 12.8.